The molecule has 6 heterocycles. The second kappa shape index (κ2) is 11.1. The zero-order valence-electron chi connectivity index (χ0n) is 37.0. The Bertz CT molecular complexity index is 3560. The second-order valence-electron chi connectivity index (χ2n) is 21.5. The minimum atomic E-state index is -0.562. The van der Waals surface area contributed by atoms with Crippen molar-refractivity contribution in [1.82, 2.24) is 14.1 Å². The van der Waals surface area contributed by atoms with E-state index in [0.717, 1.165) is 18.2 Å². The van der Waals surface area contributed by atoms with Gasteiger partial charge in [0.05, 0.1) is 44.5 Å². The number of fused-ring (bicyclic) bond motifs is 17. The molecule has 0 N–H and O–H groups in total. The van der Waals surface area contributed by atoms with Gasteiger partial charge < -0.3 is 9.47 Å². The van der Waals surface area contributed by atoms with Gasteiger partial charge in [-0.05, 0) is 130 Å². The lowest BCUT2D eigenvalue weighted by molar-refractivity contribution is 0.155. The van der Waals surface area contributed by atoms with Crippen molar-refractivity contribution in [3.05, 3.63) is 172 Å². The summed E-state index contributed by atoms with van der Waals surface area (Å²) in [4.78, 5) is 8.49. The summed E-state index contributed by atoms with van der Waals surface area (Å²) < 4.78 is 5.27. The van der Waals surface area contributed by atoms with E-state index in [1.807, 2.05) is 0 Å². The van der Waals surface area contributed by atoms with E-state index < -0.39 is 5.41 Å². The molecule has 0 radical (unpaired) electrons. The molecule has 8 aromatic rings. The Kier molecular flexibility index (Phi) is 6.17. The lowest BCUT2D eigenvalue weighted by Crippen LogP contribution is -2.59. The standard InChI is InChI=1S/C58H49BN4/c1-8-15-41-50-32(3)59-48-38-28-33-30-57(7,27-26-31(33)2)43(38)29-44-53(48)62(55(60-44)56(4,5)6)46-24-25-47-54(49(46)59)63(50)52-42(23-22-37-36-18-11-14-21-45(36)61(47)51(37)52)58(41)39-19-12-9-16-34(39)35-17-10-13-20-40(35)58/h8-25,29,31,33H,1,26-28,30H2,2-7H3/b41-15+. The molecule has 2 aromatic heterocycles. The van der Waals surface area contributed by atoms with Crippen molar-refractivity contribution >= 4 is 61.9 Å². The molecule has 63 heavy (non-hydrogen) atoms. The number of anilines is 2. The zero-order chi connectivity index (χ0) is 42.2. The van der Waals surface area contributed by atoms with Crippen molar-refractivity contribution in [3.63, 3.8) is 0 Å². The van der Waals surface area contributed by atoms with E-state index >= 15 is 0 Å². The summed E-state index contributed by atoms with van der Waals surface area (Å²) in [5.74, 6) is 2.55. The van der Waals surface area contributed by atoms with Crippen molar-refractivity contribution in [2.45, 2.75) is 83.5 Å². The van der Waals surface area contributed by atoms with Gasteiger partial charge in [0.1, 0.15) is 5.82 Å². The smallest absolute Gasteiger partial charge is 0.247 e. The molecular formula is C58H49BN4. The summed E-state index contributed by atoms with van der Waals surface area (Å²) in [6.45, 7) is 19.2. The van der Waals surface area contributed by atoms with E-state index in [4.69, 9.17) is 4.98 Å². The van der Waals surface area contributed by atoms with Crippen LogP contribution in [0, 0.1) is 11.8 Å². The van der Waals surface area contributed by atoms with Gasteiger partial charge in [0, 0.05) is 27.6 Å². The van der Waals surface area contributed by atoms with E-state index in [0.29, 0.717) is 5.92 Å². The monoisotopic (exact) mass is 812 g/mol. The lowest BCUT2D eigenvalue weighted by atomic mass is 9.31. The highest BCUT2D eigenvalue weighted by Crippen LogP contribution is 2.67. The van der Waals surface area contributed by atoms with Crippen LogP contribution in [0.2, 0.25) is 0 Å². The molecule has 304 valence electrons. The molecule has 4 nitrogen and oxygen atoms in total. The van der Waals surface area contributed by atoms with Crippen molar-refractivity contribution in [1.29, 1.82) is 0 Å². The summed E-state index contributed by atoms with van der Waals surface area (Å²) in [5, 5.41) is 2.60. The van der Waals surface area contributed by atoms with Crippen LogP contribution in [-0.2, 0) is 22.7 Å². The van der Waals surface area contributed by atoms with Crippen LogP contribution in [-0.4, -0.2) is 20.8 Å². The fraction of sp³-hybridized carbons (Fsp3) is 0.259. The van der Waals surface area contributed by atoms with Crippen LogP contribution in [0.25, 0.3) is 55.3 Å². The van der Waals surface area contributed by atoms with Gasteiger partial charge in [-0.1, -0.05) is 138 Å². The minimum Gasteiger partial charge on any atom is -0.307 e. The molecular weight excluding hydrogens is 763 g/mol. The maximum absolute atomic E-state index is 5.74. The Hall–Kier alpha value is -6.33. The molecule has 0 amide bonds. The highest BCUT2D eigenvalue weighted by Gasteiger charge is 2.59. The number of para-hydroxylation sites is 1. The average molecular weight is 813 g/mol. The molecule has 3 atom stereocenters. The number of imidazole rings is 1. The molecule has 3 aliphatic carbocycles. The minimum absolute atomic E-state index is 0.0506. The molecule has 6 aromatic carbocycles. The van der Waals surface area contributed by atoms with Gasteiger partial charge in [0.15, 0.2) is 0 Å². The Morgan fingerprint density at radius 2 is 1.51 bits per heavy atom. The fourth-order valence-electron chi connectivity index (χ4n) is 14.9. The Morgan fingerprint density at radius 1 is 0.778 bits per heavy atom. The number of hydrogen-bond acceptors (Lipinski definition) is 2. The summed E-state index contributed by atoms with van der Waals surface area (Å²) in [5.41, 5.74) is 26.6. The molecule has 1 saturated carbocycles. The lowest BCUT2D eigenvalue weighted by Gasteiger charge is -2.53. The number of allylic oxidation sites excluding steroid dienone is 4. The van der Waals surface area contributed by atoms with Crippen molar-refractivity contribution < 1.29 is 0 Å². The van der Waals surface area contributed by atoms with E-state index in [-0.39, 0.29) is 17.5 Å². The van der Waals surface area contributed by atoms with Gasteiger partial charge >= 0.3 is 0 Å². The molecule has 15 rings (SSSR count). The molecule has 0 saturated heterocycles. The predicted octanol–water partition coefficient (Wildman–Crippen LogP) is 12.3. The van der Waals surface area contributed by atoms with Crippen molar-refractivity contribution in [2.75, 3.05) is 4.90 Å². The van der Waals surface area contributed by atoms with E-state index in [1.165, 1.54) is 130 Å². The Morgan fingerprint density at radius 3 is 2.27 bits per heavy atom. The van der Waals surface area contributed by atoms with E-state index in [1.54, 1.807) is 11.1 Å². The van der Waals surface area contributed by atoms with Gasteiger partial charge in [0.25, 0.3) is 0 Å². The number of hydrogen-bond donors (Lipinski definition) is 0. The third kappa shape index (κ3) is 3.76. The third-order valence-corrected chi connectivity index (χ3v) is 17.4. The third-order valence-electron chi connectivity index (χ3n) is 17.4. The average Bonchev–Trinajstić information content (AvgIpc) is 3.94. The summed E-state index contributed by atoms with van der Waals surface area (Å²) in [6, 6.07) is 40.0. The van der Waals surface area contributed by atoms with Crippen molar-refractivity contribution in [2.24, 2.45) is 11.8 Å². The van der Waals surface area contributed by atoms with Crippen LogP contribution < -0.4 is 15.8 Å². The first-order chi connectivity index (χ1) is 30.6. The summed E-state index contributed by atoms with van der Waals surface area (Å²) in [6.07, 6.45) is 9.40. The van der Waals surface area contributed by atoms with E-state index in [2.05, 4.69) is 177 Å². The normalized spacial score (nSPS) is 23.0. The molecule has 1 fully saturated rings. The van der Waals surface area contributed by atoms with E-state index in [9.17, 15) is 0 Å². The largest absolute Gasteiger partial charge is 0.307 e. The number of benzene rings is 6. The summed E-state index contributed by atoms with van der Waals surface area (Å²) >= 11 is 0. The van der Waals surface area contributed by atoms with Crippen LogP contribution >= 0.6 is 0 Å². The van der Waals surface area contributed by atoms with Gasteiger partial charge in [0.2, 0.25) is 6.71 Å². The number of rotatable bonds is 1. The Labute approximate surface area is 369 Å². The van der Waals surface area contributed by atoms with Crippen molar-refractivity contribution in [3.8, 4) is 22.5 Å². The fourth-order valence-corrected chi connectivity index (χ4v) is 14.9. The molecule has 3 unspecified atom stereocenters. The van der Waals surface area contributed by atoms with Crippen LogP contribution in [0.4, 0.5) is 11.4 Å². The second-order valence-corrected chi connectivity index (χ2v) is 21.5. The van der Waals surface area contributed by atoms with Gasteiger partial charge in [-0.3, -0.25) is 4.57 Å². The highest BCUT2D eigenvalue weighted by atomic mass is 15.2. The summed E-state index contributed by atoms with van der Waals surface area (Å²) in [7, 11) is 0. The first kappa shape index (κ1) is 35.2. The molecule has 1 spiro atoms. The van der Waals surface area contributed by atoms with Gasteiger partial charge in [-0.15, -0.1) is 0 Å². The molecule has 4 aliphatic heterocycles. The quantitative estimate of drug-likeness (QED) is 0.154. The topological polar surface area (TPSA) is 26.0 Å². The van der Waals surface area contributed by atoms with Gasteiger partial charge in [-0.2, -0.15) is 0 Å². The molecule has 5 heteroatoms. The highest BCUT2D eigenvalue weighted by molar-refractivity contribution is 6.95. The SMILES string of the molecule is C=C/C=C1\C2=C(C)B3c4c(ccc5c4N2c2c(ccc4c6ccccc6n-5c24)C12c1ccccc1-c1ccccc12)-n1c(C(C)(C)C)nc2cc4c(c3c21)CC1CC4(C)CCC1C. The van der Waals surface area contributed by atoms with Gasteiger partial charge in [-0.25, -0.2) is 4.98 Å². The van der Waals surface area contributed by atoms with Crippen LogP contribution in [0.3, 0.4) is 0 Å². The molecule has 2 bridgehead atoms. The van der Waals surface area contributed by atoms with Crippen LogP contribution in [0.5, 0.6) is 0 Å². The maximum Gasteiger partial charge on any atom is 0.247 e. The maximum atomic E-state index is 5.74. The Balaban J connectivity index is 1.19. The number of aromatic nitrogens is 3. The number of nitrogens with zero attached hydrogens (tertiary/aromatic N) is 4. The zero-order valence-corrected chi connectivity index (χ0v) is 37.0. The first-order valence-electron chi connectivity index (χ1n) is 23.4. The predicted molar refractivity (Wildman–Crippen MR) is 262 cm³/mol. The first-order valence-corrected chi connectivity index (χ1v) is 23.4. The van der Waals surface area contributed by atoms with Crippen LogP contribution in [0.1, 0.15) is 94.4 Å². The van der Waals surface area contributed by atoms with Crippen LogP contribution in [0.15, 0.2) is 139 Å². The molecule has 7 aliphatic rings.